The molecule has 4 rings (SSSR count). The van der Waals surface area contributed by atoms with Crippen LogP contribution in [0.2, 0.25) is 0 Å². The zero-order chi connectivity index (χ0) is 18.6. The molecule has 8 heteroatoms. The van der Waals surface area contributed by atoms with Crippen molar-refractivity contribution in [2.24, 2.45) is 0 Å². The fourth-order valence-electron chi connectivity index (χ4n) is 3.74. The zero-order valence-corrected chi connectivity index (χ0v) is 15.3. The lowest BCUT2D eigenvalue weighted by Crippen LogP contribution is -2.51. The maximum absolute atomic E-state index is 12.6. The van der Waals surface area contributed by atoms with Gasteiger partial charge in [0.1, 0.15) is 6.54 Å². The van der Waals surface area contributed by atoms with Crippen LogP contribution in [0.4, 0.5) is 0 Å². The molecule has 4 heterocycles. The van der Waals surface area contributed by atoms with Crippen molar-refractivity contribution in [3.8, 4) is 0 Å². The van der Waals surface area contributed by atoms with Gasteiger partial charge in [0, 0.05) is 44.8 Å². The van der Waals surface area contributed by atoms with E-state index < -0.39 is 0 Å². The van der Waals surface area contributed by atoms with Crippen molar-refractivity contribution in [1.29, 1.82) is 0 Å². The van der Waals surface area contributed by atoms with Gasteiger partial charge in [-0.2, -0.15) is 5.10 Å². The van der Waals surface area contributed by atoms with E-state index in [9.17, 15) is 9.59 Å². The highest BCUT2D eigenvalue weighted by atomic mass is 16.3. The summed E-state index contributed by atoms with van der Waals surface area (Å²) in [7, 11) is 0. The topological polar surface area (TPSA) is 83.6 Å². The number of carbonyl (C=O) groups excluding carboxylic acids is 2. The van der Waals surface area contributed by atoms with Crippen LogP contribution in [0, 0.1) is 0 Å². The van der Waals surface area contributed by atoms with E-state index in [-0.39, 0.29) is 18.4 Å². The second-order valence-electron chi connectivity index (χ2n) is 7.13. The molecule has 1 unspecified atom stereocenters. The van der Waals surface area contributed by atoms with Crippen LogP contribution in [-0.4, -0.2) is 70.7 Å². The third-order valence-corrected chi connectivity index (χ3v) is 5.33. The smallest absolute Gasteiger partial charge is 0.289 e. The SMILES string of the molecule is O=C(Cn1ccc(C2CCCNC2)n1)N1CCN(C(=O)c2ccco2)CC1. The lowest BCUT2D eigenvalue weighted by Gasteiger charge is -2.34. The molecule has 2 aliphatic heterocycles. The largest absolute Gasteiger partial charge is 0.459 e. The fraction of sp³-hybridized carbons (Fsp3) is 0.526. The number of aromatic nitrogens is 2. The molecular weight excluding hydrogens is 346 g/mol. The Bertz CT molecular complexity index is 771. The Hall–Kier alpha value is -2.61. The van der Waals surface area contributed by atoms with Crippen molar-refractivity contribution in [1.82, 2.24) is 24.9 Å². The maximum atomic E-state index is 12.6. The molecule has 8 nitrogen and oxygen atoms in total. The highest BCUT2D eigenvalue weighted by molar-refractivity contribution is 5.91. The molecule has 2 amide bonds. The van der Waals surface area contributed by atoms with E-state index in [2.05, 4.69) is 10.4 Å². The molecule has 2 saturated heterocycles. The Morgan fingerprint density at radius 2 is 2.00 bits per heavy atom. The molecule has 1 N–H and O–H groups in total. The molecule has 0 bridgehead atoms. The van der Waals surface area contributed by atoms with Gasteiger partial charge in [0.25, 0.3) is 5.91 Å². The Morgan fingerprint density at radius 3 is 2.70 bits per heavy atom. The first-order valence-corrected chi connectivity index (χ1v) is 9.55. The van der Waals surface area contributed by atoms with Gasteiger partial charge in [-0.15, -0.1) is 0 Å². The summed E-state index contributed by atoms with van der Waals surface area (Å²) in [6.07, 6.45) is 5.69. The molecule has 2 fully saturated rings. The minimum atomic E-state index is -0.120. The van der Waals surface area contributed by atoms with E-state index in [0.717, 1.165) is 31.6 Å². The van der Waals surface area contributed by atoms with Crippen LogP contribution in [0.3, 0.4) is 0 Å². The predicted molar refractivity (Wildman–Crippen MR) is 98.3 cm³/mol. The predicted octanol–water partition coefficient (Wildman–Crippen LogP) is 0.928. The highest BCUT2D eigenvalue weighted by Gasteiger charge is 2.26. The van der Waals surface area contributed by atoms with Crippen LogP contribution in [0.5, 0.6) is 0 Å². The van der Waals surface area contributed by atoms with Gasteiger partial charge < -0.3 is 19.5 Å². The molecule has 144 valence electrons. The monoisotopic (exact) mass is 371 g/mol. The third kappa shape index (κ3) is 4.05. The van der Waals surface area contributed by atoms with Gasteiger partial charge >= 0.3 is 0 Å². The Morgan fingerprint density at radius 1 is 1.19 bits per heavy atom. The van der Waals surface area contributed by atoms with Crippen molar-refractivity contribution in [3.63, 3.8) is 0 Å². The summed E-state index contributed by atoms with van der Waals surface area (Å²) in [6, 6.07) is 5.39. The van der Waals surface area contributed by atoms with Crippen LogP contribution in [0.25, 0.3) is 0 Å². The molecule has 2 aromatic rings. The second kappa shape index (κ2) is 7.96. The number of nitrogens with zero attached hydrogens (tertiary/aromatic N) is 4. The number of rotatable bonds is 4. The second-order valence-corrected chi connectivity index (χ2v) is 7.13. The maximum Gasteiger partial charge on any atom is 0.289 e. The van der Waals surface area contributed by atoms with Gasteiger partial charge in [-0.3, -0.25) is 14.3 Å². The number of amides is 2. The minimum Gasteiger partial charge on any atom is -0.459 e. The average Bonchev–Trinajstić information content (AvgIpc) is 3.40. The van der Waals surface area contributed by atoms with Gasteiger partial charge in [0.2, 0.25) is 5.91 Å². The summed E-state index contributed by atoms with van der Waals surface area (Å²) >= 11 is 0. The first kappa shape index (κ1) is 17.8. The number of hydrogen-bond donors (Lipinski definition) is 1. The number of piperidine rings is 1. The average molecular weight is 371 g/mol. The van der Waals surface area contributed by atoms with E-state index in [1.54, 1.807) is 26.6 Å². The van der Waals surface area contributed by atoms with E-state index in [0.29, 0.717) is 37.9 Å². The van der Waals surface area contributed by atoms with Gasteiger partial charge in [-0.25, -0.2) is 0 Å². The van der Waals surface area contributed by atoms with Gasteiger partial charge in [-0.1, -0.05) is 0 Å². The zero-order valence-electron chi connectivity index (χ0n) is 15.3. The Kier molecular flexibility index (Phi) is 5.24. The molecule has 2 aromatic heterocycles. The van der Waals surface area contributed by atoms with E-state index in [1.807, 2.05) is 12.3 Å². The highest BCUT2D eigenvalue weighted by Crippen LogP contribution is 2.21. The summed E-state index contributed by atoms with van der Waals surface area (Å²) in [5.41, 5.74) is 1.06. The lowest BCUT2D eigenvalue weighted by atomic mass is 9.97. The van der Waals surface area contributed by atoms with Crippen molar-refractivity contribution in [2.75, 3.05) is 39.3 Å². The molecule has 0 saturated carbocycles. The van der Waals surface area contributed by atoms with Gasteiger partial charge in [0.05, 0.1) is 12.0 Å². The molecule has 0 spiro atoms. The van der Waals surface area contributed by atoms with Crippen LogP contribution < -0.4 is 5.32 Å². The number of furan rings is 1. The molecule has 0 radical (unpaired) electrons. The van der Waals surface area contributed by atoms with Crippen LogP contribution in [-0.2, 0) is 11.3 Å². The number of piperazine rings is 1. The van der Waals surface area contributed by atoms with Crippen molar-refractivity contribution in [2.45, 2.75) is 25.3 Å². The molecular formula is C19H25N5O3. The standard InChI is InChI=1S/C19H25N5O3/c25-18(14-24-7-5-16(21-24)15-3-1-6-20-13-15)22-8-10-23(11-9-22)19(26)17-4-2-12-27-17/h2,4-5,7,12,15,20H,1,3,6,8-11,13-14H2. The van der Waals surface area contributed by atoms with E-state index in [4.69, 9.17) is 4.42 Å². The van der Waals surface area contributed by atoms with E-state index in [1.165, 1.54) is 6.26 Å². The van der Waals surface area contributed by atoms with Crippen LogP contribution in [0.15, 0.2) is 35.1 Å². The molecule has 2 aliphatic rings. The molecule has 1 atom stereocenters. The Balaban J connectivity index is 1.28. The third-order valence-electron chi connectivity index (χ3n) is 5.33. The van der Waals surface area contributed by atoms with Gasteiger partial charge in [-0.05, 0) is 37.6 Å². The number of nitrogens with one attached hydrogen (secondary N) is 1. The first-order chi connectivity index (χ1) is 13.2. The van der Waals surface area contributed by atoms with Crippen LogP contribution in [0.1, 0.15) is 35.0 Å². The number of hydrogen-bond acceptors (Lipinski definition) is 5. The lowest BCUT2D eigenvalue weighted by molar-refractivity contribution is -0.133. The first-order valence-electron chi connectivity index (χ1n) is 9.55. The summed E-state index contributed by atoms with van der Waals surface area (Å²) in [5.74, 6) is 0.698. The normalized spacial score (nSPS) is 20.7. The van der Waals surface area contributed by atoms with Crippen LogP contribution >= 0.6 is 0 Å². The Labute approximate surface area is 158 Å². The van der Waals surface area contributed by atoms with Crippen molar-refractivity contribution in [3.05, 3.63) is 42.1 Å². The summed E-state index contributed by atoms with van der Waals surface area (Å²) in [4.78, 5) is 28.4. The quantitative estimate of drug-likeness (QED) is 0.864. The summed E-state index contributed by atoms with van der Waals surface area (Å²) in [6.45, 7) is 4.37. The van der Waals surface area contributed by atoms with E-state index >= 15 is 0 Å². The molecule has 0 aromatic carbocycles. The minimum absolute atomic E-state index is 0.0384. The van der Waals surface area contributed by atoms with Gasteiger partial charge in [0.15, 0.2) is 5.76 Å². The van der Waals surface area contributed by atoms with Crippen molar-refractivity contribution < 1.29 is 14.0 Å². The summed E-state index contributed by atoms with van der Waals surface area (Å²) in [5, 5.41) is 7.99. The van der Waals surface area contributed by atoms with Crippen molar-refractivity contribution >= 4 is 11.8 Å². The molecule has 0 aliphatic carbocycles. The summed E-state index contributed by atoms with van der Waals surface area (Å²) < 4.78 is 6.90. The number of carbonyl (C=O) groups is 2. The molecule has 27 heavy (non-hydrogen) atoms. The fourth-order valence-corrected chi connectivity index (χ4v) is 3.74.